The molecule has 94 valence electrons. The van der Waals surface area contributed by atoms with Gasteiger partial charge >= 0.3 is 5.76 Å². The van der Waals surface area contributed by atoms with Crippen molar-refractivity contribution >= 4 is 16.9 Å². The number of carbonyl (C=O) groups is 1. The fourth-order valence-corrected chi connectivity index (χ4v) is 1.81. The molecule has 0 bridgehead atoms. The molecule has 0 radical (unpaired) electrons. The average molecular weight is 255 g/mol. The minimum atomic E-state index is -0.534. The Labute approximate surface area is 107 Å². The van der Waals surface area contributed by atoms with Gasteiger partial charge in [0.05, 0.1) is 17.6 Å². The van der Waals surface area contributed by atoms with E-state index in [-0.39, 0.29) is 12.2 Å². The van der Waals surface area contributed by atoms with Crippen molar-refractivity contribution in [2.75, 3.05) is 0 Å². The van der Waals surface area contributed by atoms with Gasteiger partial charge in [-0.05, 0) is 18.2 Å². The highest BCUT2D eigenvalue weighted by molar-refractivity contribution is 5.99. The number of Topliss-reactive ketones (excluding diaryl/α,β-unsaturated/α-hetero) is 1. The van der Waals surface area contributed by atoms with Crippen molar-refractivity contribution in [1.82, 2.24) is 15.0 Å². The molecule has 0 aliphatic heterocycles. The van der Waals surface area contributed by atoms with E-state index >= 15 is 0 Å². The van der Waals surface area contributed by atoms with Crippen LogP contribution in [0.5, 0.6) is 0 Å². The van der Waals surface area contributed by atoms with Crippen LogP contribution in [0.25, 0.3) is 11.1 Å². The van der Waals surface area contributed by atoms with E-state index in [1.54, 1.807) is 30.6 Å². The first-order valence-corrected chi connectivity index (χ1v) is 5.63. The predicted octanol–water partition coefficient (Wildman–Crippen LogP) is 1.34. The minimum Gasteiger partial charge on any atom is -0.408 e. The molecule has 0 unspecified atom stereocenters. The van der Waals surface area contributed by atoms with Gasteiger partial charge in [-0.1, -0.05) is 0 Å². The van der Waals surface area contributed by atoms with Crippen molar-refractivity contribution < 1.29 is 9.21 Å². The van der Waals surface area contributed by atoms with Crippen LogP contribution in [0.4, 0.5) is 0 Å². The summed E-state index contributed by atoms with van der Waals surface area (Å²) in [7, 11) is 0. The molecule has 0 saturated carbocycles. The number of hydrogen-bond donors (Lipinski definition) is 1. The monoisotopic (exact) mass is 255 g/mol. The maximum atomic E-state index is 12.1. The quantitative estimate of drug-likeness (QED) is 0.713. The summed E-state index contributed by atoms with van der Waals surface area (Å²) in [5.41, 5.74) is 2.01. The molecule has 2 heterocycles. The smallest absolute Gasteiger partial charge is 0.408 e. The lowest BCUT2D eigenvalue weighted by molar-refractivity contribution is 0.0992. The van der Waals surface area contributed by atoms with Gasteiger partial charge in [0.1, 0.15) is 0 Å². The lowest BCUT2D eigenvalue weighted by atomic mass is 10.1. The number of H-pyrrole nitrogens is 1. The molecule has 19 heavy (non-hydrogen) atoms. The fraction of sp³-hybridized carbons (Fsp3) is 0.0769. The van der Waals surface area contributed by atoms with E-state index < -0.39 is 5.76 Å². The summed E-state index contributed by atoms with van der Waals surface area (Å²) < 4.78 is 4.92. The van der Waals surface area contributed by atoms with Crippen LogP contribution in [0.2, 0.25) is 0 Å². The van der Waals surface area contributed by atoms with Crippen LogP contribution in [-0.4, -0.2) is 20.7 Å². The molecule has 0 spiro atoms. The number of aromatic nitrogens is 3. The van der Waals surface area contributed by atoms with Crippen molar-refractivity contribution in [2.45, 2.75) is 6.42 Å². The number of nitrogens with zero attached hydrogens (tertiary/aromatic N) is 2. The maximum Gasteiger partial charge on any atom is 0.417 e. The van der Waals surface area contributed by atoms with Gasteiger partial charge in [-0.3, -0.25) is 19.7 Å². The third-order valence-electron chi connectivity index (χ3n) is 2.70. The molecule has 0 saturated heterocycles. The van der Waals surface area contributed by atoms with E-state index in [1.807, 2.05) is 0 Å². The van der Waals surface area contributed by atoms with Crippen LogP contribution in [-0.2, 0) is 6.42 Å². The first-order valence-electron chi connectivity index (χ1n) is 5.63. The van der Waals surface area contributed by atoms with E-state index in [0.717, 1.165) is 0 Å². The number of rotatable bonds is 3. The summed E-state index contributed by atoms with van der Waals surface area (Å²) in [4.78, 5) is 33.6. The van der Waals surface area contributed by atoms with Crippen LogP contribution in [0.1, 0.15) is 16.1 Å². The zero-order valence-corrected chi connectivity index (χ0v) is 9.79. The number of aromatic amines is 1. The van der Waals surface area contributed by atoms with Crippen LogP contribution in [0.15, 0.2) is 46.0 Å². The molecule has 3 rings (SSSR count). The topological polar surface area (TPSA) is 88.9 Å². The van der Waals surface area contributed by atoms with Gasteiger partial charge in [0, 0.05) is 24.2 Å². The lowest BCUT2D eigenvalue weighted by Gasteiger charge is -2.00. The van der Waals surface area contributed by atoms with Crippen molar-refractivity contribution in [3.63, 3.8) is 0 Å². The number of ketones is 1. The number of benzene rings is 1. The number of fused-ring (bicyclic) bond motifs is 1. The highest BCUT2D eigenvalue weighted by atomic mass is 16.4. The van der Waals surface area contributed by atoms with Crippen molar-refractivity contribution in [3.8, 4) is 0 Å². The number of carbonyl (C=O) groups excluding carboxylic acids is 1. The molecule has 1 N–H and O–H groups in total. The standard InChI is InChI=1S/C13H9N3O3/c17-11(6-9-7-14-3-4-15-9)8-1-2-10-12(5-8)19-13(18)16-10/h1-5,7H,6H2,(H,16,18). The van der Waals surface area contributed by atoms with Crippen LogP contribution < -0.4 is 5.76 Å². The molecule has 0 amide bonds. The summed E-state index contributed by atoms with van der Waals surface area (Å²) in [6.07, 6.45) is 4.80. The molecule has 0 aliphatic carbocycles. The second kappa shape index (κ2) is 4.49. The third kappa shape index (κ3) is 2.28. The van der Waals surface area contributed by atoms with Crippen LogP contribution in [0.3, 0.4) is 0 Å². The summed E-state index contributed by atoms with van der Waals surface area (Å²) in [5, 5.41) is 0. The molecule has 1 aromatic carbocycles. The molecular weight excluding hydrogens is 246 g/mol. The van der Waals surface area contributed by atoms with Crippen molar-refractivity contribution in [3.05, 3.63) is 58.6 Å². The molecule has 0 fully saturated rings. The molecule has 6 heteroatoms. The number of nitrogens with one attached hydrogen (secondary N) is 1. The largest absolute Gasteiger partial charge is 0.417 e. The van der Waals surface area contributed by atoms with Gasteiger partial charge in [0.2, 0.25) is 0 Å². The second-order valence-corrected chi connectivity index (χ2v) is 4.02. The Hall–Kier alpha value is -2.76. The second-order valence-electron chi connectivity index (χ2n) is 4.02. The number of hydrogen-bond acceptors (Lipinski definition) is 5. The Morgan fingerprint density at radius 3 is 3.00 bits per heavy atom. The zero-order chi connectivity index (χ0) is 13.2. The Bertz CT molecular complexity index is 790. The Morgan fingerprint density at radius 2 is 2.21 bits per heavy atom. The van der Waals surface area contributed by atoms with Gasteiger partial charge in [-0.25, -0.2) is 4.79 Å². The summed E-state index contributed by atoms with van der Waals surface area (Å²) in [6, 6.07) is 4.84. The minimum absolute atomic E-state index is 0.105. The molecule has 3 aromatic rings. The molecule has 0 aliphatic rings. The van der Waals surface area contributed by atoms with E-state index in [0.29, 0.717) is 22.4 Å². The highest BCUT2D eigenvalue weighted by Gasteiger charge is 2.10. The first kappa shape index (κ1) is 11.3. The van der Waals surface area contributed by atoms with Crippen molar-refractivity contribution in [2.24, 2.45) is 0 Å². The predicted molar refractivity (Wildman–Crippen MR) is 66.9 cm³/mol. The Kier molecular flexibility index (Phi) is 2.68. The SMILES string of the molecule is O=C(Cc1cnccn1)c1ccc2[nH]c(=O)oc2c1. The number of oxazole rings is 1. The van der Waals surface area contributed by atoms with E-state index in [4.69, 9.17) is 4.42 Å². The summed E-state index contributed by atoms with van der Waals surface area (Å²) >= 11 is 0. The van der Waals surface area contributed by atoms with Gasteiger partial charge in [-0.2, -0.15) is 0 Å². The third-order valence-corrected chi connectivity index (χ3v) is 2.70. The molecule has 0 atom stereocenters. The first-order chi connectivity index (χ1) is 9.22. The van der Waals surface area contributed by atoms with E-state index in [2.05, 4.69) is 15.0 Å². The van der Waals surface area contributed by atoms with Crippen LogP contribution in [0, 0.1) is 0 Å². The van der Waals surface area contributed by atoms with Gasteiger partial charge in [0.25, 0.3) is 0 Å². The maximum absolute atomic E-state index is 12.1. The highest BCUT2D eigenvalue weighted by Crippen LogP contribution is 2.14. The Morgan fingerprint density at radius 1 is 1.32 bits per heavy atom. The lowest BCUT2D eigenvalue weighted by Crippen LogP contribution is -2.05. The van der Waals surface area contributed by atoms with Crippen molar-refractivity contribution in [1.29, 1.82) is 0 Å². The van der Waals surface area contributed by atoms with Gasteiger partial charge < -0.3 is 4.42 Å². The Balaban J connectivity index is 1.91. The molecular formula is C13H9N3O3. The van der Waals surface area contributed by atoms with Crippen LogP contribution >= 0.6 is 0 Å². The normalized spacial score (nSPS) is 10.7. The summed E-state index contributed by atoms with van der Waals surface area (Å²) in [5.74, 6) is -0.639. The molecule has 6 nitrogen and oxygen atoms in total. The molecule has 2 aromatic heterocycles. The van der Waals surface area contributed by atoms with Gasteiger partial charge in [-0.15, -0.1) is 0 Å². The fourth-order valence-electron chi connectivity index (χ4n) is 1.81. The average Bonchev–Trinajstić information content (AvgIpc) is 2.78. The summed E-state index contributed by atoms with van der Waals surface area (Å²) in [6.45, 7) is 0. The zero-order valence-electron chi connectivity index (χ0n) is 9.79. The van der Waals surface area contributed by atoms with E-state index in [1.165, 1.54) is 6.20 Å². The van der Waals surface area contributed by atoms with E-state index in [9.17, 15) is 9.59 Å². The van der Waals surface area contributed by atoms with Gasteiger partial charge in [0.15, 0.2) is 11.4 Å².